The summed E-state index contributed by atoms with van der Waals surface area (Å²) in [5.41, 5.74) is 6.15. The van der Waals surface area contributed by atoms with Crippen LogP contribution in [0.2, 0.25) is 0 Å². The summed E-state index contributed by atoms with van der Waals surface area (Å²) >= 11 is 0. The molecule has 3 aliphatic heterocycles. The van der Waals surface area contributed by atoms with Crippen LogP contribution < -0.4 is 5.73 Å². The maximum absolute atomic E-state index is 6.15. The second-order valence-electron chi connectivity index (χ2n) is 6.05. The molecular weight excluding hydrogens is 198 g/mol. The van der Waals surface area contributed by atoms with Crippen LogP contribution in [0.1, 0.15) is 32.6 Å². The van der Waals surface area contributed by atoms with Gasteiger partial charge in [-0.25, -0.2) is 0 Å². The third-order valence-electron chi connectivity index (χ3n) is 4.99. The lowest BCUT2D eigenvalue weighted by Gasteiger charge is -2.36. The molecule has 3 heteroatoms. The largest absolute Gasteiger partial charge is 0.326 e. The van der Waals surface area contributed by atoms with Crippen LogP contribution in [0, 0.1) is 5.92 Å². The summed E-state index contributed by atoms with van der Waals surface area (Å²) in [5, 5.41) is 0. The first kappa shape index (κ1) is 11.0. The van der Waals surface area contributed by atoms with Gasteiger partial charge in [0.25, 0.3) is 0 Å². The Bertz CT molecular complexity index is 246. The SMILES string of the molecule is CC1CN(C2CCN3CCCCC23)CC1N. The van der Waals surface area contributed by atoms with E-state index in [1.54, 1.807) is 0 Å². The van der Waals surface area contributed by atoms with Crippen molar-refractivity contribution in [1.29, 1.82) is 0 Å². The minimum absolute atomic E-state index is 0.414. The Morgan fingerprint density at radius 2 is 1.75 bits per heavy atom. The van der Waals surface area contributed by atoms with E-state index in [2.05, 4.69) is 16.7 Å². The van der Waals surface area contributed by atoms with Gasteiger partial charge >= 0.3 is 0 Å². The number of likely N-dealkylation sites (tertiary alicyclic amines) is 1. The van der Waals surface area contributed by atoms with Gasteiger partial charge in [-0.2, -0.15) is 0 Å². The third-order valence-corrected chi connectivity index (χ3v) is 4.99. The Labute approximate surface area is 99.0 Å². The van der Waals surface area contributed by atoms with E-state index in [4.69, 9.17) is 5.73 Å². The van der Waals surface area contributed by atoms with Crippen molar-refractivity contribution in [3.05, 3.63) is 0 Å². The molecular formula is C13H25N3. The molecule has 0 aliphatic carbocycles. The lowest BCUT2D eigenvalue weighted by Crippen LogP contribution is -2.46. The fourth-order valence-corrected chi connectivity index (χ4v) is 3.95. The third kappa shape index (κ3) is 1.79. The van der Waals surface area contributed by atoms with Crippen molar-refractivity contribution in [1.82, 2.24) is 9.80 Å². The van der Waals surface area contributed by atoms with Crippen LogP contribution in [0.3, 0.4) is 0 Å². The van der Waals surface area contributed by atoms with Crippen LogP contribution in [0.5, 0.6) is 0 Å². The van der Waals surface area contributed by atoms with Gasteiger partial charge in [-0.05, 0) is 31.7 Å². The molecule has 0 aromatic heterocycles. The van der Waals surface area contributed by atoms with Crippen LogP contribution in [-0.2, 0) is 0 Å². The molecule has 3 rings (SSSR count). The second-order valence-corrected chi connectivity index (χ2v) is 6.05. The summed E-state index contributed by atoms with van der Waals surface area (Å²) in [4.78, 5) is 5.41. The standard InChI is InChI=1S/C13H25N3/c1-10-8-16(9-11(10)14)13-5-7-15-6-3-2-4-12(13)15/h10-13H,2-9,14H2,1H3. The van der Waals surface area contributed by atoms with Crippen LogP contribution >= 0.6 is 0 Å². The summed E-state index contributed by atoms with van der Waals surface area (Å²) in [7, 11) is 0. The fraction of sp³-hybridized carbons (Fsp3) is 1.00. The molecule has 3 heterocycles. The lowest BCUT2D eigenvalue weighted by atomic mass is 9.98. The predicted octanol–water partition coefficient (Wildman–Crippen LogP) is 0.892. The topological polar surface area (TPSA) is 32.5 Å². The molecule has 3 saturated heterocycles. The molecule has 0 saturated carbocycles. The average Bonchev–Trinajstić information content (AvgIpc) is 2.83. The maximum Gasteiger partial charge on any atom is 0.0264 e. The normalized spacial score (nSPS) is 46.1. The lowest BCUT2D eigenvalue weighted by molar-refractivity contribution is 0.128. The molecule has 0 aromatic carbocycles. The number of nitrogens with zero attached hydrogens (tertiary/aromatic N) is 2. The summed E-state index contributed by atoms with van der Waals surface area (Å²) in [6.45, 7) is 7.34. The van der Waals surface area contributed by atoms with Gasteiger partial charge in [0, 0.05) is 37.8 Å². The van der Waals surface area contributed by atoms with Crippen LogP contribution in [0.4, 0.5) is 0 Å². The monoisotopic (exact) mass is 223 g/mol. The number of nitrogens with two attached hydrogens (primary N) is 1. The van der Waals surface area contributed by atoms with Crippen molar-refractivity contribution >= 4 is 0 Å². The van der Waals surface area contributed by atoms with Gasteiger partial charge in [0.2, 0.25) is 0 Å². The van der Waals surface area contributed by atoms with E-state index in [0.29, 0.717) is 12.0 Å². The van der Waals surface area contributed by atoms with Gasteiger partial charge in [-0.3, -0.25) is 9.80 Å². The first-order valence-corrected chi connectivity index (χ1v) is 6.99. The molecule has 0 aromatic rings. The Morgan fingerprint density at radius 1 is 0.938 bits per heavy atom. The molecule has 4 atom stereocenters. The highest BCUT2D eigenvalue weighted by atomic mass is 15.3. The first-order valence-electron chi connectivity index (χ1n) is 6.99. The minimum Gasteiger partial charge on any atom is -0.326 e. The number of rotatable bonds is 1. The Balaban J connectivity index is 1.67. The molecule has 92 valence electrons. The minimum atomic E-state index is 0.414. The van der Waals surface area contributed by atoms with Gasteiger partial charge < -0.3 is 5.73 Å². The van der Waals surface area contributed by atoms with E-state index in [0.717, 1.165) is 18.6 Å². The zero-order chi connectivity index (χ0) is 11.1. The van der Waals surface area contributed by atoms with E-state index in [-0.39, 0.29) is 0 Å². The molecule has 3 fully saturated rings. The molecule has 0 radical (unpaired) electrons. The molecule has 4 unspecified atom stereocenters. The number of hydrogen-bond acceptors (Lipinski definition) is 3. The molecule has 3 aliphatic rings. The smallest absolute Gasteiger partial charge is 0.0264 e. The molecule has 2 N–H and O–H groups in total. The van der Waals surface area contributed by atoms with E-state index < -0.39 is 0 Å². The van der Waals surface area contributed by atoms with E-state index >= 15 is 0 Å². The molecule has 0 spiro atoms. The first-order chi connectivity index (χ1) is 7.75. The average molecular weight is 223 g/mol. The highest BCUT2D eigenvalue weighted by Gasteiger charge is 2.41. The summed E-state index contributed by atoms with van der Waals surface area (Å²) in [6.07, 6.45) is 5.65. The van der Waals surface area contributed by atoms with Crippen molar-refractivity contribution < 1.29 is 0 Å². The van der Waals surface area contributed by atoms with Crippen LogP contribution in [0.25, 0.3) is 0 Å². The van der Waals surface area contributed by atoms with Crippen molar-refractivity contribution in [2.75, 3.05) is 26.2 Å². The quantitative estimate of drug-likeness (QED) is 0.716. The van der Waals surface area contributed by atoms with E-state index in [9.17, 15) is 0 Å². The summed E-state index contributed by atoms with van der Waals surface area (Å²) in [6, 6.07) is 2.08. The van der Waals surface area contributed by atoms with Crippen LogP contribution in [-0.4, -0.2) is 54.1 Å². The molecule has 0 bridgehead atoms. The maximum atomic E-state index is 6.15. The van der Waals surface area contributed by atoms with Gasteiger partial charge in [-0.15, -0.1) is 0 Å². The second kappa shape index (κ2) is 4.28. The van der Waals surface area contributed by atoms with Gasteiger partial charge in [0.15, 0.2) is 0 Å². The molecule has 16 heavy (non-hydrogen) atoms. The van der Waals surface area contributed by atoms with Gasteiger partial charge in [-0.1, -0.05) is 13.3 Å². The zero-order valence-corrected chi connectivity index (χ0v) is 10.4. The zero-order valence-electron chi connectivity index (χ0n) is 10.4. The van der Waals surface area contributed by atoms with Crippen molar-refractivity contribution in [2.24, 2.45) is 11.7 Å². The Hall–Kier alpha value is -0.120. The highest BCUT2D eigenvalue weighted by molar-refractivity contribution is 4.99. The van der Waals surface area contributed by atoms with E-state index in [1.165, 1.54) is 45.3 Å². The molecule has 3 nitrogen and oxygen atoms in total. The van der Waals surface area contributed by atoms with Crippen molar-refractivity contribution in [3.8, 4) is 0 Å². The number of fused-ring (bicyclic) bond motifs is 1. The molecule has 0 amide bonds. The van der Waals surface area contributed by atoms with Crippen molar-refractivity contribution in [2.45, 2.75) is 50.7 Å². The van der Waals surface area contributed by atoms with Gasteiger partial charge in [0.1, 0.15) is 0 Å². The fourth-order valence-electron chi connectivity index (χ4n) is 3.95. The van der Waals surface area contributed by atoms with E-state index in [1.807, 2.05) is 0 Å². The number of piperidine rings is 1. The van der Waals surface area contributed by atoms with Gasteiger partial charge in [0.05, 0.1) is 0 Å². The van der Waals surface area contributed by atoms with Crippen molar-refractivity contribution in [3.63, 3.8) is 0 Å². The highest BCUT2D eigenvalue weighted by Crippen LogP contribution is 2.32. The number of hydrogen-bond donors (Lipinski definition) is 1. The summed E-state index contributed by atoms with van der Waals surface area (Å²) in [5.74, 6) is 0.692. The predicted molar refractivity (Wildman–Crippen MR) is 66.3 cm³/mol. The van der Waals surface area contributed by atoms with Crippen LogP contribution in [0.15, 0.2) is 0 Å². The Kier molecular flexibility index (Phi) is 2.94. The summed E-state index contributed by atoms with van der Waals surface area (Å²) < 4.78 is 0. The Morgan fingerprint density at radius 3 is 2.50 bits per heavy atom.